The minimum Gasteiger partial charge on any atom is -0.338 e. The molecule has 1 saturated heterocycles. The maximum Gasteiger partial charge on any atom is 0.322 e. The topological polar surface area (TPSA) is 78.5 Å². The molecular weight excluding hydrogens is 378 g/mol. The van der Waals surface area contributed by atoms with E-state index in [1.54, 1.807) is 0 Å². The van der Waals surface area contributed by atoms with Crippen molar-refractivity contribution in [3.05, 3.63) is 71.8 Å². The van der Waals surface area contributed by atoms with Crippen LogP contribution >= 0.6 is 0 Å². The van der Waals surface area contributed by atoms with Crippen molar-refractivity contribution in [2.45, 2.75) is 44.2 Å². The maximum atomic E-state index is 13.4. The lowest BCUT2D eigenvalue weighted by molar-refractivity contribution is -0.139. The Kier molecular flexibility index (Phi) is 5.84. The highest BCUT2D eigenvalue weighted by Crippen LogP contribution is 2.35. The Morgan fingerprint density at radius 1 is 0.933 bits per heavy atom. The smallest absolute Gasteiger partial charge is 0.322 e. The molecule has 156 valence electrons. The molecule has 4 rings (SSSR count). The van der Waals surface area contributed by atoms with E-state index in [1.807, 2.05) is 53.4 Å². The summed E-state index contributed by atoms with van der Waals surface area (Å²) in [6, 6.07) is 19.8. The predicted molar refractivity (Wildman–Crippen MR) is 113 cm³/mol. The third-order valence-electron chi connectivity index (χ3n) is 6.24. The SMILES string of the molecule is O=C1NC(=O)C2(CCC(C(=O)N(CCc3ccccc3)Cc3ccccc3)CC2)N1. The largest absolute Gasteiger partial charge is 0.338 e. The van der Waals surface area contributed by atoms with Crippen LogP contribution in [0.15, 0.2) is 60.7 Å². The van der Waals surface area contributed by atoms with Crippen LogP contribution in [0.2, 0.25) is 0 Å². The van der Waals surface area contributed by atoms with Gasteiger partial charge in [0.2, 0.25) is 5.91 Å². The summed E-state index contributed by atoms with van der Waals surface area (Å²) >= 11 is 0. The molecule has 2 aromatic rings. The van der Waals surface area contributed by atoms with Gasteiger partial charge in [-0.25, -0.2) is 4.79 Å². The second-order valence-corrected chi connectivity index (χ2v) is 8.25. The van der Waals surface area contributed by atoms with Crippen LogP contribution in [0.4, 0.5) is 4.79 Å². The van der Waals surface area contributed by atoms with E-state index in [4.69, 9.17) is 0 Å². The standard InChI is InChI=1S/C24H27N3O3/c28-21(20-11-14-24(15-12-20)22(29)25-23(30)26-24)27(17-19-9-5-2-6-10-19)16-13-18-7-3-1-4-8-18/h1-10,20H,11-17H2,(H2,25,26,29,30). The van der Waals surface area contributed by atoms with E-state index in [-0.39, 0.29) is 17.7 Å². The third-order valence-corrected chi connectivity index (χ3v) is 6.24. The maximum absolute atomic E-state index is 13.4. The lowest BCUT2D eigenvalue weighted by Gasteiger charge is -2.36. The van der Waals surface area contributed by atoms with Gasteiger partial charge < -0.3 is 10.2 Å². The number of nitrogens with zero attached hydrogens (tertiary/aromatic N) is 1. The van der Waals surface area contributed by atoms with Gasteiger partial charge >= 0.3 is 6.03 Å². The van der Waals surface area contributed by atoms with E-state index in [0.717, 1.165) is 12.0 Å². The van der Waals surface area contributed by atoms with E-state index in [2.05, 4.69) is 22.8 Å². The van der Waals surface area contributed by atoms with E-state index in [9.17, 15) is 14.4 Å². The van der Waals surface area contributed by atoms with Crippen LogP contribution in [-0.4, -0.2) is 34.8 Å². The number of hydrogen-bond acceptors (Lipinski definition) is 3. The van der Waals surface area contributed by atoms with E-state index in [0.29, 0.717) is 38.8 Å². The number of imide groups is 1. The summed E-state index contributed by atoms with van der Waals surface area (Å²) < 4.78 is 0. The number of amides is 4. The van der Waals surface area contributed by atoms with Gasteiger partial charge in [-0.3, -0.25) is 14.9 Å². The first-order chi connectivity index (χ1) is 14.6. The second kappa shape index (κ2) is 8.69. The first-order valence-corrected chi connectivity index (χ1v) is 10.6. The van der Waals surface area contributed by atoms with Crippen LogP contribution in [-0.2, 0) is 22.6 Å². The molecule has 0 atom stereocenters. The van der Waals surface area contributed by atoms with Crippen molar-refractivity contribution >= 4 is 17.8 Å². The molecular formula is C24H27N3O3. The van der Waals surface area contributed by atoms with E-state index >= 15 is 0 Å². The van der Waals surface area contributed by atoms with Crippen LogP contribution in [0.1, 0.15) is 36.8 Å². The van der Waals surface area contributed by atoms with Crippen molar-refractivity contribution < 1.29 is 14.4 Å². The Balaban J connectivity index is 1.43. The van der Waals surface area contributed by atoms with E-state index < -0.39 is 11.6 Å². The second-order valence-electron chi connectivity index (χ2n) is 8.25. The summed E-state index contributed by atoms with van der Waals surface area (Å²) in [5.41, 5.74) is 1.48. The Bertz CT molecular complexity index is 906. The molecule has 2 aliphatic rings. The molecule has 6 nitrogen and oxygen atoms in total. The van der Waals surface area contributed by atoms with Crippen molar-refractivity contribution in [1.82, 2.24) is 15.5 Å². The first kappa shape index (κ1) is 20.1. The highest BCUT2D eigenvalue weighted by atomic mass is 16.2. The van der Waals surface area contributed by atoms with Crippen molar-refractivity contribution in [3.63, 3.8) is 0 Å². The molecule has 2 fully saturated rings. The Labute approximate surface area is 176 Å². The molecule has 30 heavy (non-hydrogen) atoms. The number of carbonyl (C=O) groups is 3. The monoisotopic (exact) mass is 405 g/mol. The van der Waals surface area contributed by atoms with Gasteiger partial charge in [0.25, 0.3) is 5.91 Å². The Hall–Kier alpha value is -3.15. The lowest BCUT2D eigenvalue weighted by atomic mass is 9.76. The van der Waals surface area contributed by atoms with Gasteiger partial charge in [0.05, 0.1) is 0 Å². The average molecular weight is 405 g/mol. The molecule has 1 saturated carbocycles. The molecule has 1 aliphatic heterocycles. The summed E-state index contributed by atoms with van der Waals surface area (Å²) in [6.45, 7) is 1.22. The van der Waals surface area contributed by atoms with Gasteiger partial charge in [-0.05, 0) is 43.2 Å². The summed E-state index contributed by atoms with van der Waals surface area (Å²) in [6.07, 6.45) is 3.00. The van der Waals surface area contributed by atoms with Crippen molar-refractivity contribution in [1.29, 1.82) is 0 Å². The van der Waals surface area contributed by atoms with Crippen LogP contribution in [0.3, 0.4) is 0 Å². The van der Waals surface area contributed by atoms with Crippen molar-refractivity contribution in [3.8, 4) is 0 Å². The molecule has 6 heteroatoms. The highest BCUT2D eigenvalue weighted by Gasteiger charge is 2.49. The summed E-state index contributed by atoms with van der Waals surface area (Å²) in [7, 11) is 0. The Morgan fingerprint density at radius 2 is 1.53 bits per heavy atom. The van der Waals surface area contributed by atoms with Gasteiger partial charge in [0, 0.05) is 19.0 Å². The number of carbonyl (C=O) groups excluding carboxylic acids is 3. The predicted octanol–water partition coefficient (Wildman–Crippen LogP) is 3.03. The van der Waals surface area contributed by atoms with Crippen molar-refractivity contribution in [2.24, 2.45) is 5.92 Å². The fourth-order valence-electron chi connectivity index (χ4n) is 4.48. The average Bonchev–Trinajstić information content (AvgIpc) is 3.05. The summed E-state index contributed by atoms with van der Waals surface area (Å²) in [5.74, 6) is -0.251. The molecule has 4 amide bonds. The summed E-state index contributed by atoms with van der Waals surface area (Å²) in [4.78, 5) is 39.1. The zero-order chi connectivity index (χ0) is 21.0. The van der Waals surface area contributed by atoms with Crippen LogP contribution in [0, 0.1) is 5.92 Å². The van der Waals surface area contributed by atoms with Gasteiger partial charge in [-0.15, -0.1) is 0 Å². The van der Waals surface area contributed by atoms with Crippen LogP contribution in [0.25, 0.3) is 0 Å². The van der Waals surface area contributed by atoms with Crippen LogP contribution in [0.5, 0.6) is 0 Å². The van der Waals surface area contributed by atoms with E-state index in [1.165, 1.54) is 5.56 Å². The highest BCUT2D eigenvalue weighted by molar-refractivity contribution is 6.07. The Morgan fingerprint density at radius 3 is 2.10 bits per heavy atom. The lowest BCUT2D eigenvalue weighted by Crippen LogP contribution is -2.51. The molecule has 2 aromatic carbocycles. The number of benzene rings is 2. The number of nitrogens with one attached hydrogen (secondary N) is 2. The quantitative estimate of drug-likeness (QED) is 0.725. The normalized spacial score (nSPS) is 23.1. The van der Waals surface area contributed by atoms with Crippen LogP contribution < -0.4 is 10.6 Å². The van der Waals surface area contributed by atoms with Gasteiger partial charge in [0.15, 0.2) is 0 Å². The molecule has 0 bridgehead atoms. The van der Waals surface area contributed by atoms with Gasteiger partial charge in [-0.2, -0.15) is 0 Å². The third kappa shape index (κ3) is 4.37. The molecule has 0 unspecified atom stereocenters. The van der Waals surface area contributed by atoms with Crippen molar-refractivity contribution in [2.75, 3.05) is 6.54 Å². The minimum absolute atomic E-state index is 0.125. The molecule has 1 aliphatic carbocycles. The number of hydrogen-bond donors (Lipinski definition) is 2. The van der Waals surface area contributed by atoms with Gasteiger partial charge in [-0.1, -0.05) is 60.7 Å². The molecule has 2 N–H and O–H groups in total. The van der Waals surface area contributed by atoms with Gasteiger partial charge in [0.1, 0.15) is 5.54 Å². The molecule has 0 radical (unpaired) electrons. The fourth-order valence-corrected chi connectivity index (χ4v) is 4.48. The molecule has 1 spiro atoms. The molecule has 1 heterocycles. The zero-order valence-electron chi connectivity index (χ0n) is 17.0. The first-order valence-electron chi connectivity index (χ1n) is 10.6. The summed E-state index contributed by atoms with van der Waals surface area (Å²) in [5, 5.41) is 5.10. The zero-order valence-corrected chi connectivity index (χ0v) is 17.0. The molecule has 0 aromatic heterocycles. The number of urea groups is 1. The minimum atomic E-state index is -0.831. The number of rotatable bonds is 6. The fraction of sp³-hybridized carbons (Fsp3) is 0.375.